The minimum Gasteiger partial charge on any atom is -0.461 e. The van der Waals surface area contributed by atoms with Crippen LogP contribution in [-0.2, 0) is 4.74 Å². The molecule has 6 nitrogen and oxygen atoms in total. The fraction of sp³-hybridized carbons (Fsp3) is 0.381. The molecule has 0 aliphatic carbocycles. The van der Waals surface area contributed by atoms with Crippen molar-refractivity contribution in [3.8, 4) is 0 Å². The molecule has 1 aliphatic heterocycles. The Labute approximate surface area is 171 Å². The van der Waals surface area contributed by atoms with Gasteiger partial charge in [0.1, 0.15) is 6.61 Å². The van der Waals surface area contributed by atoms with Gasteiger partial charge in [-0.3, -0.25) is 0 Å². The standard InChI is InChI=1S/C21H28N4O2S/c1-24-8-10-25(11-9-24)18-5-3-4-17(15-18)23-20-7-6-16(14-19(20)22)21(26)27-12-13-28-2/h3-7,14-15,23H,8-13,22H2,1-2H3. The first kappa shape index (κ1) is 20.4. The molecule has 3 rings (SSSR count). The van der Waals surface area contributed by atoms with Crippen molar-refractivity contribution in [2.24, 2.45) is 0 Å². The molecule has 0 amide bonds. The topological polar surface area (TPSA) is 70.8 Å². The lowest BCUT2D eigenvalue weighted by atomic mass is 10.1. The summed E-state index contributed by atoms with van der Waals surface area (Å²) in [7, 11) is 2.15. The molecule has 0 spiro atoms. The van der Waals surface area contributed by atoms with E-state index in [1.54, 1.807) is 23.9 Å². The quantitative estimate of drug-likeness (QED) is 0.420. The molecule has 0 radical (unpaired) electrons. The summed E-state index contributed by atoms with van der Waals surface area (Å²) in [6, 6.07) is 13.6. The molecule has 0 atom stereocenters. The van der Waals surface area contributed by atoms with E-state index < -0.39 is 0 Å². The first-order chi connectivity index (χ1) is 13.6. The summed E-state index contributed by atoms with van der Waals surface area (Å²) in [5.74, 6) is 0.439. The summed E-state index contributed by atoms with van der Waals surface area (Å²) in [6.07, 6.45) is 1.98. The summed E-state index contributed by atoms with van der Waals surface area (Å²) < 4.78 is 5.23. The summed E-state index contributed by atoms with van der Waals surface area (Å²) >= 11 is 1.64. The van der Waals surface area contributed by atoms with Crippen molar-refractivity contribution in [2.75, 3.05) is 67.8 Å². The third kappa shape index (κ3) is 5.33. The Morgan fingerprint density at radius 1 is 1.18 bits per heavy atom. The molecule has 1 saturated heterocycles. The molecule has 0 unspecified atom stereocenters. The molecule has 1 fully saturated rings. The van der Waals surface area contributed by atoms with Gasteiger partial charge in [0.25, 0.3) is 0 Å². The SMILES string of the molecule is CSCCOC(=O)c1ccc(Nc2cccc(N3CCN(C)CC3)c2)c(N)c1. The van der Waals surface area contributed by atoms with E-state index in [1.165, 1.54) is 5.69 Å². The Hall–Kier alpha value is -2.38. The van der Waals surface area contributed by atoms with Gasteiger partial charge in [0.05, 0.1) is 16.9 Å². The maximum Gasteiger partial charge on any atom is 0.338 e. The second-order valence-corrected chi connectivity index (χ2v) is 7.88. The van der Waals surface area contributed by atoms with Crippen molar-refractivity contribution in [2.45, 2.75) is 0 Å². The van der Waals surface area contributed by atoms with Gasteiger partial charge in [0, 0.05) is 43.3 Å². The molecule has 2 aromatic carbocycles. The van der Waals surface area contributed by atoms with Crippen LogP contribution in [0.3, 0.4) is 0 Å². The summed E-state index contributed by atoms with van der Waals surface area (Å²) in [6.45, 7) is 4.59. The highest BCUT2D eigenvalue weighted by atomic mass is 32.2. The van der Waals surface area contributed by atoms with Gasteiger partial charge in [0.2, 0.25) is 0 Å². The maximum atomic E-state index is 12.1. The highest BCUT2D eigenvalue weighted by Crippen LogP contribution is 2.27. The summed E-state index contributed by atoms with van der Waals surface area (Å²) in [4.78, 5) is 16.8. The van der Waals surface area contributed by atoms with Crippen LogP contribution in [0.4, 0.5) is 22.7 Å². The monoisotopic (exact) mass is 400 g/mol. The number of ether oxygens (including phenoxy) is 1. The van der Waals surface area contributed by atoms with Crippen LogP contribution in [0.2, 0.25) is 0 Å². The normalized spacial score (nSPS) is 14.7. The van der Waals surface area contributed by atoms with Crippen LogP contribution in [0.25, 0.3) is 0 Å². The summed E-state index contributed by atoms with van der Waals surface area (Å²) in [5.41, 5.74) is 10.1. The Morgan fingerprint density at radius 2 is 1.96 bits per heavy atom. The molecule has 3 N–H and O–H groups in total. The maximum absolute atomic E-state index is 12.1. The number of thioether (sulfide) groups is 1. The van der Waals surface area contributed by atoms with Crippen LogP contribution in [0.15, 0.2) is 42.5 Å². The summed E-state index contributed by atoms with van der Waals surface area (Å²) in [5, 5.41) is 3.36. The fourth-order valence-electron chi connectivity index (χ4n) is 3.11. The van der Waals surface area contributed by atoms with Gasteiger partial charge >= 0.3 is 5.97 Å². The Morgan fingerprint density at radius 3 is 2.68 bits per heavy atom. The van der Waals surface area contributed by atoms with Gasteiger partial charge in [-0.15, -0.1) is 0 Å². The zero-order valence-corrected chi connectivity index (χ0v) is 17.3. The van der Waals surface area contributed by atoms with Crippen molar-refractivity contribution in [3.63, 3.8) is 0 Å². The van der Waals surface area contributed by atoms with Crippen LogP contribution in [-0.4, -0.2) is 62.7 Å². The number of hydrogen-bond acceptors (Lipinski definition) is 7. The van der Waals surface area contributed by atoms with E-state index in [4.69, 9.17) is 10.5 Å². The Kier molecular flexibility index (Phi) is 7.06. The van der Waals surface area contributed by atoms with Gasteiger partial charge in [-0.25, -0.2) is 4.79 Å². The second kappa shape index (κ2) is 9.71. The minimum atomic E-state index is -0.343. The number of piperazine rings is 1. The molecule has 7 heteroatoms. The van der Waals surface area contributed by atoms with Crippen molar-refractivity contribution < 1.29 is 9.53 Å². The second-order valence-electron chi connectivity index (χ2n) is 6.90. The van der Waals surface area contributed by atoms with Crippen LogP contribution >= 0.6 is 11.8 Å². The van der Waals surface area contributed by atoms with Gasteiger partial charge < -0.3 is 25.6 Å². The molecule has 1 aliphatic rings. The lowest BCUT2D eigenvalue weighted by molar-refractivity contribution is 0.0530. The average Bonchev–Trinajstić information content (AvgIpc) is 2.70. The number of likely N-dealkylation sites (N-methyl/N-ethyl adjacent to an activating group) is 1. The van der Waals surface area contributed by atoms with Gasteiger partial charge in [-0.1, -0.05) is 6.07 Å². The van der Waals surface area contributed by atoms with Crippen LogP contribution < -0.4 is 16.0 Å². The lowest BCUT2D eigenvalue weighted by Crippen LogP contribution is -2.44. The van der Waals surface area contributed by atoms with Gasteiger partial charge in [-0.2, -0.15) is 11.8 Å². The van der Waals surface area contributed by atoms with Crippen molar-refractivity contribution in [1.29, 1.82) is 0 Å². The van der Waals surface area contributed by atoms with Gasteiger partial charge in [0.15, 0.2) is 0 Å². The highest BCUT2D eigenvalue weighted by Gasteiger charge is 2.15. The first-order valence-corrected chi connectivity index (χ1v) is 10.8. The van der Waals surface area contributed by atoms with E-state index in [2.05, 4.69) is 34.3 Å². The molecule has 0 saturated carbocycles. The molecule has 0 bridgehead atoms. The van der Waals surface area contributed by atoms with Crippen molar-refractivity contribution >= 4 is 40.5 Å². The van der Waals surface area contributed by atoms with E-state index in [9.17, 15) is 4.79 Å². The van der Waals surface area contributed by atoms with Crippen LogP contribution in [0, 0.1) is 0 Å². The number of esters is 1. The number of rotatable bonds is 7. The van der Waals surface area contributed by atoms with Crippen molar-refractivity contribution in [1.82, 2.24) is 4.90 Å². The smallest absolute Gasteiger partial charge is 0.338 e. The van der Waals surface area contributed by atoms with Crippen LogP contribution in [0.5, 0.6) is 0 Å². The number of carbonyl (C=O) groups excluding carboxylic acids is 1. The van der Waals surface area contributed by atoms with E-state index in [-0.39, 0.29) is 5.97 Å². The van der Waals surface area contributed by atoms with E-state index in [0.717, 1.165) is 43.3 Å². The number of nitrogens with zero attached hydrogens (tertiary/aromatic N) is 2. The van der Waals surface area contributed by atoms with E-state index in [1.807, 2.05) is 24.5 Å². The number of benzene rings is 2. The number of nitrogens with one attached hydrogen (secondary N) is 1. The molecule has 2 aromatic rings. The average molecular weight is 401 g/mol. The van der Waals surface area contributed by atoms with E-state index in [0.29, 0.717) is 17.9 Å². The number of nitrogens with two attached hydrogens (primary N) is 1. The zero-order chi connectivity index (χ0) is 19.9. The Balaban J connectivity index is 1.66. The number of carbonyl (C=O) groups is 1. The third-order valence-electron chi connectivity index (χ3n) is 4.80. The first-order valence-electron chi connectivity index (χ1n) is 9.43. The molecule has 1 heterocycles. The third-order valence-corrected chi connectivity index (χ3v) is 5.38. The zero-order valence-electron chi connectivity index (χ0n) is 16.5. The molecule has 150 valence electrons. The molecule has 0 aromatic heterocycles. The predicted octanol–water partition coefficient (Wildman–Crippen LogP) is 3.28. The van der Waals surface area contributed by atoms with Gasteiger partial charge in [-0.05, 0) is 49.7 Å². The predicted molar refractivity (Wildman–Crippen MR) is 119 cm³/mol. The lowest BCUT2D eigenvalue weighted by Gasteiger charge is -2.34. The minimum absolute atomic E-state index is 0.343. The molecular weight excluding hydrogens is 372 g/mol. The molecular formula is C21H28N4O2S. The molecule has 28 heavy (non-hydrogen) atoms. The van der Waals surface area contributed by atoms with Crippen LogP contribution in [0.1, 0.15) is 10.4 Å². The number of nitrogen functional groups attached to an aromatic ring is 1. The Bertz CT molecular complexity index is 807. The van der Waals surface area contributed by atoms with Crippen molar-refractivity contribution in [3.05, 3.63) is 48.0 Å². The van der Waals surface area contributed by atoms with E-state index >= 15 is 0 Å². The number of anilines is 4. The number of hydrogen-bond donors (Lipinski definition) is 2. The largest absolute Gasteiger partial charge is 0.461 e. The fourth-order valence-corrected chi connectivity index (χ4v) is 3.36. The highest BCUT2D eigenvalue weighted by molar-refractivity contribution is 7.98.